The molecule has 0 amide bonds. The summed E-state index contributed by atoms with van der Waals surface area (Å²) in [6.07, 6.45) is 0. The highest BCUT2D eigenvalue weighted by Gasteiger charge is 2.43. The van der Waals surface area contributed by atoms with E-state index in [9.17, 15) is 8.78 Å². The van der Waals surface area contributed by atoms with Gasteiger partial charge in [0.25, 0.3) is 0 Å². The Morgan fingerprint density at radius 2 is 1.92 bits per heavy atom. The van der Waals surface area contributed by atoms with Crippen LogP contribution in [0.25, 0.3) is 10.9 Å². The van der Waals surface area contributed by atoms with E-state index in [1.807, 2.05) is 0 Å². The van der Waals surface area contributed by atoms with Gasteiger partial charge < -0.3 is 10.6 Å². The van der Waals surface area contributed by atoms with Crippen molar-refractivity contribution in [1.29, 1.82) is 0 Å². The summed E-state index contributed by atoms with van der Waals surface area (Å²) in [6.45, 7) is 2.64. The van der Waals surface area contributed by atoms with Crippen molar-refractivity contribution in [2.24, 2.45) is 7.05 Å². The second kappa shape index (κ2) is 6.08. The lowest BCUT2D eigenvalue weighted by molar-refractivity contribution is 0.307. The van der Waals surface area contributed by atoms with E-state index in [1.54, 1.807) is 24.7 Å². The zero-order chi connectivity index (χ0) is 18.6. The number of fused-ring (bicyclic) bond motifs is 1. The molecule has 26 heavy (non-hydrogen) atoms. The first-order chi connectivity index (χ1) is 12.3. The zero-order valence-electron chi connectivity index (χ0n) is 14.1. The zero-order valence-corrected chi connectivity index (χ0v) is 15.6. The quantitative estimate of drug-likeness (QED) is 0.645. The molecular weight excluding hydrogens is 381 g/mol. The number of aryl methyl sites for hydroxylation is 2. The summed E-state index contributed by atoms with van der Waals surface area (Å²) in [7, 11) is 1.76. The van der Waals surface area contributed by atoms with Crippen LogP contribution in [0, 0.1) is 18.6 Å². The topological polar surface area (TPSA) is 41.9 Å². The van der Waals surface area contributed by atoms with E-state index in [0.29, 0.717) is 35.4 Å². The summed E-state index contributed by atoms with van der Waals surface area (Å²) in [6, 6.07) is 5.91. The normalized spacial score (nSPS) is 15.9. The summed E-state index contributed by atoms with van der Waals surface area (Å²) in [5.74, 6) is -0.831. The van der Waals surface area contributed by atoms with Gasteiger partial charge in [-0.25, -0.2) is 8.78 Å². The Morgan fingerprint density at radius 1 is 1.19 bits per heavy atom. The molecule has 1 aliphatic rings. The van der Waals surface area contributed by atoms with Gasteiger partial charge in [-0.3, -0.25) is 4.68 Å². The number of benzene rings is 2. The second-order valence-electron chi connectivity index (χ2n) is 6.59. The van der Waals surface area contributed by atoms with Crippen LogP contribution in [0.2, 0.25) is 10.0 Å². The number of hydrogen-bond donors (Lipinski definition) is 2. The predicted molar refractivity (Wildman–Crippen MR) is 100.0 cm³/mol. The molecule has 2 aromatic carbocycles. The van der Waals surface area contributed by atoms with Crippen LogP contribution < -0.4 is 10.6 Å². The van der Waals surface area contributed by atoms with E-state index in [-0.39, 0.29) is 21.4 Å². The third-order valence-corrected chi connectivity index (χ3v) is 5.64. The smallest absolute Gasteiger partial charge is 0.136 e. The minimum absolute atomic E-state index is 0.165. The first kappa shape index (κ1) is 17.5. The Morgan fingerprint density at radius 3 is 2.58 bits per heavy atom. The summed E-state index contributed by atoms with van der Waals surface area (Å²) in [5.41, 5.74) is 1.28. The molecule has 4 nitrogen and oxygen atoms in total. The molecule has 0 bridgehead atoms. The van der Waals surface area contributed by atoms with Gasteiger partial charge in [-0.2, -0.15) is 5.10 Å². The number of rotatable bonds is 3. The van der Waals surface area contributed by atoms with Crippen molar-refractivity contribution in [3.8, 4) is 0 Å². The van der Waals surface area contributed by atoms with E-state index in [2.05, 4.69) is 15.7 Å². The van der Waals surface area contributed by atoms with Crippen LogP contribution in [0.4, 0.5) is 14.5 Å². The van der Waals surface area contributed by atoms with Crippen molar-refractivity contribution in [2.75, 3.05) is 18.4 Å². The molecule has 0 aliphatic carbocycles. The van der Waals surface area contributed by atoms with Gasteiger partial charge in [0.2, 0.25) is 0 Å². The molecule has 0 saturated carbocycles. The van der Waals surface area contributed by atoms with Gasteiger partial charge in [0, 0.05) is 31.4 Å². The molecule has 0 spiro atoms. The molecule has 1 aromatic heterocycles. The van der Waals surface area contributed by atoms with E-state index in [0.717, 1.165) is 0 Å². The molecule has 8 heteroatoms. The monoisotopic (exact) mass is 396 g/mol. The Hall–Kier alpha value is -1.89. The number of nitrogens with zero attached hydrogens (tertiary/aromatic N) is 2. The average molecular weight is 397 g/mol. The molecule has 1 fully saturated rings. The highest BCUT2D eigenvalue weighted by atomic mass is 35.5. The van der Waals surface area contributed by atoms with Crippen molar-refractivity contribution in [1.82, 2.24) is 15.1 Å². The van der Waals surface area contributed by atoms with Crippen LogP contribution in [0.1, 0.15) is 11.3 Å². The summed E-state index contributed by atoms with van der Waals surface area (Å²) in [4.78, 5) is 0. The lowest BCUT2D eigenvalue weighted by Gasteiger charge is -2.45. The minimum atomic E-state index is -0.806. The summed E-state index contributed by atoms with van der Waals surface area (Å²) in [5, 5.41) is 11.6. The average Bonchev–Trinajstić information content (AvgIpc) is 2.83. The maximum atomic E-state index is 14.6. The first-order valence-electron chi connectivity index (χ1n) is 8.08. The van der Waals surface area contributed by atoms with Gasteiger partial charge in [0.1, 0.15) is 11.6 Å². The van der Waals surface area contributed by atoms with Crippen LogP contribution in [0.5, 0.6) is 0 Å². The van der Waals surface area contributed by atoms with E-state index >= 15 is 0 Å². The number of hydrogen-bond acceptors (Lipinski definition) is 3. The van der Waals surface area contributed by atoms with Crippen LogP contribution in [-0.2, 0) is 12.6 Å². The largest absolute Gasteiger partial charge is 0.373 e. The van der Waals surface area contributed by atoms with Crippen LogP contribution >= 0.6 is 23.2 Å². The van der Waals surface area contributed by atoms with Gasteiger partial charge >= 0.3 is 0 Å². The number of halogens is 4. The lowest BCUT2D eigenvalue weighted by atomic mass is 9.83. The third-order valence-electron chi connectivity index (χ3n) is 4.84. The highest BCUT2D eigenvalue weighted by Crippen LogP contribution is 2.40. The molecule has 1 saturated heterocycles. The van der Waals surface area contributed by atoms with Crippen molar-refractivity contribution in [2.45, 2.75) is 12.5 Å². The molecule has 0 radical (unpaired) electrons. The molecule has 0 atom stereocenters. The fourth-order valence-corrected chi connectivity index (χ4v) is 4.04. The Bertz CT molecular complexity index is 1030. The van der Waals surface area contributed by atoms with Crippen molar-refractivity contribution in [3.63, 3.8) is 0 Å². The van der Waals surface area contributed by atoms with Gasteiger partial charge in [0.15, 0.2) is 0 Å². The van der Waals surface area contributed by atoms with Gasteiger partial charge in [-0.1, -0.05) is 23.2 Å². The molecule has 3 aromatic rings. The fourth-order valence-electron chi connectivity index (χ4n) is 3.55. The van der Waals surface area contributed by atoms with Crippen molar-refractivity contribution >= 4 is 39.8 Å². The van der Waals surface area contributed by atoms with Gasteiger partial charge in [-0.05, 0) is 31.2 Å². The van der Waals surface area contributed by atoms with Crippen LogP contribution in [-0.4, -0.2) is 22.9 Å². The molecule has 2 N–H and O–H groups in total. The number of nitrogens with one attached hydrogen (secondary N) is 2. The van der Waals surface area contributed by atoms with E-state index < -0.39 is 11.4 Å². The van der Waals surface area contributed by atoms with Crippen molar-refractivity contribution in [3.05, 3.63) is 57.2 Å². The number of aromatic nitrogens is 2. The second-order valence-corrected chi connectivity index (χ2v) is 7.38. The van der Waals surface area contributed by atoms with Gasteiger partial charge in [0.05, 0.1) is 32.2 Å². The molecule has 136 valence electrons. The van der Waals surface area contributed by atoms with E-state index in [4.69, 9.17) is 23.2 Å². The summed E-state index contributed by atoms with van der Waals surface area (Å²) >= 11 is 12.4. The predicted octanol–water partition coefficient (Wildman–Crippen LogP) is 4.38. The molecular formula is C18H16Cl2F2N4. The molecule has 1 aliphatic heterocycles. The maximum Gasteiger partial charge on any atom is 0.136 e. The third kappa shape index (κ3) is 2.55. The minimum Gasteiger partial charge on any atom is -0.373 e. The Kier molecular flexibility index (Phi) is 4.10. The summed E-state index contributed by atoms with van der Waals surface area (Å²) < 4.78 is 30.8. The van der Waals surface area contributed by atoms with Crippen LogP contribution in [0.15, 0.2) is 24.3 Å². The van der Waals surface area contributed by atoms with Gasteiger partial charge in [-0.15, -0.1) is 0 Å². The highest BCUT2D eigenvalue weighted by molar-refractivity contribution is 6.42. The fraction of sp³-hybridized carbons (Fsp3) is 0.278. The Balaban J connectivity index is 1.82. The standard InChI is InChI=1S/C18H16Cl2F2N4/c1-9-15-13(22)5-10(6-14(15)26(2)25-9)24-18(7-23-8-18)16-12(21)4-3-11(19)17(16)20/h3-6,23-24H,7-8H2,1-2H3. The molecule has 2 heterocycles. The maximum absolute atomic E-state index is 14.6. The first-order valence-corrected chi connectivity index (χ1v) is 8.84. The molecule has 4 rings (SSSR count). The SMILES string of the molecule is Cc1nn(C)c2cc(NC3(c4c(F)ccc(Cl)c4Cl)CNC3)cc(F)c12. The Labute approximate surface area is 159 Å². The van der Waals surface area contributed by atoms with E-state index in [1.165, 1.54) is 18.2 Å². The van der Waals surface area contributed by atoms with Crippen LogP contribution in [0.3, 0.4) is 0 Å². The number of anilines is 1. The van der Waals surface area contributed by atoms with Crippen molar-refractivity contribution < 1.29 is 8.78 Å². The molecule has 0 unspecified atom stereocenters. The lowest BCUT2D eigenvalue weighted by Crippen LogP contribution is -2.62.